The lowest BCUT2D eigenvalue weighted by molar-refractivity contribution is 0.0689. The molecule has 0 bridgehead atoms. The van der Waals surface area contributed by atoms with Crippen LogP contribution in [-0.2, 0) is 4.74 Å². The van der Waals surface area contributed by atoms with Gasteiger partial charge in [0.25, 0.3) is 5.88 Å². The van der Waals surface area contributed by atoms with E-state index in [-0.39, 0.29) is 12.5 Å². The van der Waals surface area contributed by atoms with Crippen molar-refractivity contribution in [3.8, 4) is 5.88 Å². The van der Waals surface area contributed by atoms with Crippen LogP contribution in [0.25, 0.3) is 0 Å². The zero-order valence-electron chi connectivity index (χ0n) is 8.77. The Hall–Kier alpha value is -1.69. The minimum Gasteiger partial charge on any atom is -0.478 e. The summed E-state index contributed by atoms with van der Waals surface area (Å²) < 4.78 is 23.4. The first-order chi connectivity index (χ1) is 7.66. The van der Waals surface area contributed by atoms with Crippen LogP contribution in [0.15, 0.2) is 12.3 Å². The molecule has 0 unspecified atom stereocenters. The maximum absolute atomic E-state index is 13.4. The second-order valence-electron chi connectivity index (χ2n) is 2.83. The SMILES string of the molecule is CCOCCOc1nccc(C(=O)O)c1F. The van der Waals surface area contributed by atoms with Crippen LogP contribution in [0.1, 0.15) is 17.3 Å². The second kappa shape index (κ2) is 6.02. The first-order valence-corrected chi connectivity index (χ1v) is 4.75. The molecule has 0 aliphatic rings. The van der Waals surface area contributed by atoms with Crippen LogP contribution >= 0.6 is 0 Å². The van der Waals surface area contributed by atoms with Crippen molar-refractivity contribution in [1.29, 1.82) is 0 Å². The van der Waals surface area contributed by atoms with Crippen LogP contribution in [0.3, 0.4) is 0 Å². The average molecular weight is 229 g/mol. The lowest BCUT2D eigenvalue weighted by Crippen LogP contribution is -2.10. The summed E-state index contributed by atoms with van der Waals surface area (Å²) in [6.07, 6.45) is 1.18. The molecule has 0 aliphatic carbocycles. The van der Waals surface area contributed by atoms with Crippen molar-refractivity contribution in [3.63, 3.8) is 0 Å². The number of carboxylic acid groups (broad SMARTS) is 1. The highest BCUT2D eigenvalue weighted by Crippen LogP contribution is 2.16. The highest BCUT2D eigenvalue weighted by molar-refractivity contribution is 5.88. The van der Waals surface area contributed by atoms with Gasteiger partial charge in [-0.2, -0.15) is 0 Å². The number of aromatic carboxylic acids is 1. The van der Waals surface area contributed by atoms with Gasteiger partial charge >= 0.3 is 5.97 Å². The Labute approximate surface area is 91.8 Å². The van der Waals surface area contributed by atoms with Gasteiger partial charge in [0.15, 0.2) is 5.82 Å². The Morgan fingerprint density at radius 2 is 2.31 bits per heavy atom. The minimum absolute atomic E-state index is 0.126. The Morgan fingerprint density at radius 3 is 2.94 bits per heavy atom. The highest BCUT2D eigenvalue weighted by Gasteiger charge is 2.15. The number of halogens is 1. The van der Waals surface area contributed by atoms with E-state index < -0.39 is 17.3 Å². The molecule has 0 amide bonds. The van der Waals surface area contributed by atoms with Crippen LogP contribution in [0, 0.1) is 5.82 Å². The first kappa shape index (κ1) is 12.4. The van der Waals surface area contributed by atoms with Crippen LogP contribution in [0.5, 0.6) is 5.88 Å². The van der Waals surface area contributed by atoms with E-state index in [9.17, 15) is 9.18 Å². The summed E-state index contributed by atoms with van der Waals surface area (Å²) in [4.78, 5) is 14.2. The molecule has 1 heterocycles. The van der Waals surface area contributed by atoms with E-state index in [1.54, 1.807) is 0 Å². The fourth-order valence-electron chi connectivity index (χ4n) is 1.03. The lowest BCUT2D eigenvalue weighted by Gasteiger charge is -2.07. The molecule has 0 saturated heterocycles. The molecule has 1 aromatic heterocycles. The molecule has 0 aliphatic heterocycles. The molecule has 0 saturated carbocycles. The van der Waals surface area contributed by atoms with Gasteiger partial charge in [0.1, 0.15) is 12.2 Å². The maximum atomic E-state index is 13.4. The predicted molar refractivity (Wildman–Crippen MR) is 53.1 cm³/mol. The molecule has 1 aromatic rings. The Bertz CT molecular complexity index is 370. The smallest absolute Gasteiger partial charge is 0.338 e. The maximum Gasteiger partial charge on any atom is 0.338 e. The molecule has 0 aromatic carbocycles. The molecular formula is C10H12FNO4. The Balaban J connectivity index is 2.66. The molecule has 0 spiro atoms. The van der Waals surface area contributed by atoms with E-state index in [2.05, 4.69) is 4.98 Å². The summed E-state index contributed by atoms with van der Waals surface area (Å²) in [6, 6.07) is 1.08. The van der Waals surface area contributed by atoms with Crippen molar-refractivity contribution in [2.45, 2.75) is 6.92 Å². The van der Waals surface area contributed by atoms with Crippen LogP contribution in [-0.4, -0.2) is 35.9 Å². The van der Waals surface area contributed by atoms with Crippen molar-refractivity contribution in [1.82, 2.24) is 4.98 Å². The summed E-state index contributed by atoms with van der Waals surface area (Å²) in [5.74, 6) is -2.64. The van der Waals surface area contributed by atoms with Gasteiger partial charge in [-0.25, -0.2) is 14.2 Å². The van der Waals surface area contributed by atoms with Gasteiger partial charge in [-0.1, -0.05) is 0 Å². The number of pyridine rings is 1. The van der Waals surface area contributed by atoms with Gasteiger partial charge in [0.05, 0.1) is 6.61 Å². The number of nitrogens with zero attached hydrogens (tertiary/aromatic N) is 1. The normalized spacial score (nSPS) is 10.1. The number of hydrogen-bond acceptors (Lipinski definition) is 4. The monoisotopic (exact) mass is 229 g/mol. The van der Waals surface area contributed by atoms with Gasteiger partial charge in [0, 0.05) is 12.8 Å². The van der Waals surface area contributed by atoms with Crippen molar-refractivity contribution >= 4 is 5.97 Å². The summed E-state index contributed by atoms with van der Waals surface area (Å²) in [5.41, 5.74) is -0.457. The third-order valence-corrected chi connectivity index (χ3v) is 1.76. The van der Waals surface area contributed by atoms with Crippen molar-refractivity contribution < 1.29 is 23.8 Å². The molecule has 0 fully saturated rings. The topological polar surface area (TPSA) is 68.7 Å². The van der Waals surface area contributed by atoms with Gasteiger partial charge in [-0.3, -0.25) is 0 Å². The molecule has 0 atom stereocenters. The minimum atomic E-state index is -1.35. The van der Waals surface area contributed by atoms with E-state index in [1.807, 2.05) is 6.92 Å². The van der Waals surface area contributed by atoms with Crippen LogP contribution in [0.2, 0.25) is 0 Å². The van der Waals surface area contributed by atoms with Crippen LogP contribution in [0.4, 0.5) is 4.39 Å². The number of carbonyl (C=O) groups is 1. The van der Waals surface area contributed by atoms with E-state index in [0.29, 0.717) is 13.2 Å². The van der Waals surface area contributed by atoms with Crippen LogP contribution < -0.4 is 4.74 Å². The second-order valence-corrected chi connectivity index (χ2v) is 2.83. The average Bonchev–Trinajstić information content (AvgIpc) is 2.26. The Morgan fingerprint density at radius 1 is 1.56 bits per heavy atom. The highest BCUT2D eigenvalue weighted by atomic mass is 19.1. The quantitative estimate of drug-likeness (QED) is 0.745. The molecule has 6 heteroatoms. The number of aromatic nitrogens is 1. The van der Waals surface area contributed by atoms with E-state index >= 15 is 0 Å². The molecule has 16 heavy (non-hydrogen) atoms. The molecule has 1 N–H and O–H groups in total. The van der Waals surface area contributed by atoms with Crippen molar-refractivity contribution in [3.05, 3.63) is 23.6 Å². The van der Waals surface area contributed by atoms with E-state index in [4.69, 9.17) is 14.6 Å². The molecular weight excluding hydrogens is 217 g/mol. The number of ether oxygens (including phenoxy) is 2. The molecule has 5 nitrogen and oxygen atoms in total. The van der Waals surface area contributed by atoms with Crippen molar-refractivity contribution in [2.24, 2.45) is 0 Å². The van der Waals surface area contributed by atoms with Gasteiger partial charge < -0.3 is 14.6 Å². The lowest BCUT2D eigenvalue weighted by atomic mass is 10.2. The first-order valence-electron chi connectivity index (χ1n) is 4.75. The number of hydrogen-bond donors (Lipinski definition) is 1. The summed E-state index contributed by atoms with van der Waals surface area (Å²) in [7, 11) is 0. The third kappa shape index (κ3) is 3.16. The number of carboxylic acids is 1. The van der Waals surface area contributed by atoms with Gasteiger partial charge in [-0.15, -0.1) is 0 Å². The fourth-order valence-corrected chi connectivity index (χ4v) is 1.03. The zero-order chi connectivity index (χ0) is 12.0. The third-order valence-electron chi connectivity index (χ3n) is 1.76. The predicted octanol–water partition coefficient (Wildman–Crippen LogP) is 1.33. The van der Waals surface area contributed by atoms with Crippen molar-refractivity contribution in [2.75, 3.05) is 19.8 Å². The molecule has 1 rings (SSSR count). The molecule has 0 radical (unpaired) electrons. The summed E-state index contributed by atoms with van der Waals surface area (Å²) in [5, 5.41) is 8.65. The fraction of sp³-hybridized carbons (Fsp3) is 0.400. The number of rotatable bonds is 6. The van der Waals surface area contributed by atoms with E-state index in [1.165, 1.54) is 6.20 Å². The standard InChI is InChI=1S/C10H12FNO4/c1-2-15-5-6-16-9-8(11)7(10(13)14)3-4-12-9/h3-4H,2,5-6H2,1H3,(H,13,14). The zero-order valence-corrected chi connectivity index (χ0v) is 8.77. The molecule has 88 valence electrons. The van der Waals surface area contributed by atoms with E-state index in [0.717, 1.165) is 6.07 Å². The van der Waals surface area contributed by atoms with Gasteiger partial charge in [0.2, 0.25) is 0 Å². The van der Waals surface area contributed by atoms with Gasteiger partial charge in [-0.05, 0) is 13.0 Å². The summed E-state index contributed by atoms with van der Waals surface area (Å²) >= 11 is 0. The Kier molecular flexibility index (Phi) is 4.65. The largest absolute Gasteiger partial charge is 0.478 e. The summed E-state index contributed by atoms with van der Waals surface area (Å²) in [6.45, 7) is 2.79.